The van der Waals surface area contributed by atoms with Crippen molar-refractivity contribution in [1.29, 1.82) is 0 Å². The lowest BCUT2D eigenvalue weighted by atomic mass is 10.1. The Labute approximate surface area is 142 Å². The molecule has 4 nitrogen and oxygen atoms in total. The highest BCUT2D eigenvalue weighted by Gasteiger charge is 2.34. The van der Waals surface area contributed by atoms with Gasteiger partial charge in [0.2, 0.25) is 0 Å². The van der Waals surface area contributed by atoms with Crippen molar-refractivity contribution in [3.8, 4) is 11.5 Å². The highest BCUT2D eigenvalue weighted by Crippen LogP contribution is 2.32. The summed E-state index contributed by atoms with van der Waals surface area (Å²) in [4.78, 5) is 12.1. The van der Waals surface area contributed by atoms with Crippen LogP contribution in [0.3, 0.4) is 0 Å². The van der Waals surface area contributed by atoms with Gasteiger partial charge in [-0.15, -0.1) is 0 Å². The van der Waals surface area contributed by atoms with Crippen molar-refractivity contribution in [3.05, 3.63) is 59.2 Å². The number of amides is 1. The highest BCUT2D eigenvalue weighted by atomic mass is 19.4. The van der Waals surface area contributed by atoms with Crippen LogP contribution in [0.2, 0.25) is 0 Å². The lowest BCUT2D eigenvalue weighted by Gasteiger charge is -2.19. The molecule has 1 aliphatic rings. The molecule has 132 valence electrons. The standard InChI is InChI=1S/C18H16F3NO3/c19-18(20,21)14-4-2-1-3-13(14)17(23)22-8-7-12-5-6-15-16(11-12)25-10-9-24-15/h1-6,11H,7-10H2,(H,22,23). The van der Waals surface area contributed by atoms with Crippen molar-refractivity contribution in [3.63, 3.8) is 0 Å². The summed E-state index contributed by atoms with van der Waals surface area (Å²) in [5.74, 6) is 0.557. The average Bonchev–Trinajstić information content (AvgIpc) is 2.61. The Kier molecular flexibility index (Phi) is 4.83. The Morgan fingerprint density at radius 2 is 1.76 bits per heavy atom. The molecule has 0 aromatic heterocycles. The third-order valence-corrected chi connectivity index (χ3v) is 3.78. The zero-order chi connectivity index (χ0) is 17.9. The monoisotopic (exact) mass is 351 g/mol. The second kappa shape index (κ2) is 7.04. The molecule has 0 aliphatic carbocycles. The van der Waals surface area contributed by atoms with Gasteiger partial charge in [0.25, 0.3) is 5.91 Å². The molecule has 3 rings (SSSR count). The van der Waals surface area contributed by atoms with E-state index in [1.54, 1.807) is 6.07 Å². The number of fused-ring (bicyclic) bond motifs is 1. The molecule has 25 heavy (non-hydrogen) atoms. The molecule has 1 N–H and O–H groups in total. The van der Waals surface area contributed by atoms with Crippen LogP contribution in [0, 0.1) is 0 Å². The maximum atomic E-state index is 13.0. The van der Waals surface area contributed by atoms with Gasteiger partial charge in [-0.2, -0.15) is 13.2 Å². The molecule has 2 aromatic rings. The summed E-state index contributed by atoms with van der Waals surface area (Å²) in [6.45, 7) is 1.19. The van der Waals surface area contributed by atoms with Gasteiger partial charge in [0.1, 0.15) is 13.2 Å². The largest absolute Gasteiger partial charge is 0.486 e. The van der Waals surface area contributed by atoms with Gasteiger partial charge in [0.15, 0.2) is 11.5 Å². The average molecular weight is 351 g/mol. The molecular weight excluding hydrogens is 335 g/mol. The van der Waals surface area contributed by atoms with E-state index in [4.69, 9.17) is 9.47 Å². The van der Waals surface area contributed by atoms with E-state index in [0.29, 0.717) is 31.1 Å². The van der Waals surface area contributed by atoms with Crippen molar-refractivity contribution < 1.29 is 27.4 Å². The second-order valence-corrected chi connectivity index (χ2v) is 5.53. The van der Waals surface area contributed by atoms with E-state index in [0.717, 1.165) is 11.6 Å². The number of nitrogens with one attached hydrogen (secondary N) is 1. The van der Waals surface area contributed by atoms with E-state index < -0.39 is 17.6 Å². The van der Waals surface area contributed by atoms with E-state index in [1.165, 1.54) is 18.2 Å². The summed E-state index contributed by atoms with van der Waals surface area (Å²) >= 11 is 0. The van der Waals surface area contributed by atoms with Crippen LogP contribution in [0.1, 0.15) is 21.5 Å². The molecule has 0 fully saturated rings. The Morgan fingerprint density at radius 1 is 1.04 bits per heavy atom. The lowest BCUT2D eigenvalue weighted by Crippen LogP contribution is -2.28. The number of rotatable bonds is 4. The maximum Gasteiger partial charge on any atom is 0.417 e. The Morgan fingerprint density at radius 3 is 2.52 bits per heavy atom. The van der Waals surface area contributed by atoms with Crippen LogP contribution in [0.5, 0.6) is 11.5 Å². The second-order valence-electron chi connectivity index (χ2n) is 5.53. The maximum absolute atomic E-state index is 13.0. The van der Waals surface area contributed by atoms with Crippen LogP contribution >= 0.6 is 0 Å². The number of carbonyl (C=O) groups is 1. The lowest BCUT2D eigenvalue weighted by molar-refractivity contribution is -0.137. The fourth-order valence-corrected chi connectivity index (χ4v) is 2.59. The molecule has 0 saturated heterocycles. The first kappa shape index (κ1) is 17.1. The number of hydrogen-bond donors (Lipinski definition) is 1. The predicted molar refractivity (Wildman–Crippen MR) is 84.9 cm³/mol. The van der Waals surface area contributed by atoms with Crippen molar-refractivity contribution in [2.24, 2.45) is 0 Å². The van der Waals surface area contributed by atoms with E-state index in [1.807, 2.05) is 12.1 Å². The summed E-state index contributed by atoms with van der Waals surface area (Å²) in [5.41, 5.74) is -0.419. The first-order valence-electron chi connectivity index (χ1n) is 7.78. The van der Waals surface area contributed by atoms with E-state index in [9.17, 15) is 18.0 Å². The first-order chi connectivity index (χ1) is 11.9. The van der Waals surface area contributed by atoms with Crippen LogP contribution < -0.4 is 14.8 Å². The normalized spacial score (nSPS) is 13.4. The topological polar surface area (TPSA) is 47.6 Å². The summed E-state index contributed by atoms with van der Waals surface area (Å²) in [6, 6.07) is 10.2. The van der Waals surface area contributed by atoms with Gasteiger partial charge < -0.3 is 14.8 Å². The van der Waals surface area contributed by atoms with Crippen molar-refractivity contribution in [2.75, 3.05) is 19.8 Å². The quantitative estimate of drug-likeness (QED) is 0.918. The van der Waals surface area contributed by atoms with Crippen molar-refractivity contribution >= 4 is 5.91 Å². The zero-order valence-corrected chi connectivity index (χ0v) is 13.2. The van der Waals surface area contributed by atoms with Crippen LogP contribution in [0.25, 0.3) is 0 Å². The van der Waals surface area contributed by atoms with E-state index in [2.05, 4.69) is 5.32 Å². The summed E-state index contributed by atoms with van der Waals surface area (Å²) in [5, 5.41) is 2.53. The fraction of sp³-hybridized carbons (Fsp3) is 0.278. The SMILES string of the molecule is O=C(NCCc1ccc2c(c1)OCCO2)c1ccccc1C(F)(F)F. The Balaban J connectivity index is 1.62. The number of hydrogen-bond acceptors (Lipinski definition) is 3. The predicted octanol–water partition coefficient (Wildman–Crippen LogP) is 3.45. The highest BCUT2D eigenvalue weighted by molar-refractivity contribution is 5.95. The Bertz CT molecular complexity index is 774. The molecule has 7 heteroatoms. The van der Waals surface area contributed by atoms with Crippen molar-refractivity contribution in [2.45, 2.75) is 12.6 Å². The molecule has 1 amide bonds. The van der Waals surface area contributed by atoms with Crippen LogP contribution in [-0.4, -0.2) is 25.7 Å². The molecule has 1 heterocycles. The van der Waals surface area contributed by atoms with Gasteiger partial charge in [-0.1, -0.05) is 18.2 Å². The molecule has 0 atom stereocenters. The number of ether oxygens (including phenoxy) is 2. The molecular formula is C18H16F3NO3. The van der Waals surface area contributed by atoms with Crippen LogP contribution in [-0.2, 0) is 12.6 Å². The molecule has 0 bridgehead atoms. The summed E-state index contributed by atoms with van der Waals surface area (Å²) < 4.78 is 49.8. The molecule has 0 saturated carbocycles. The van der Waals surface area contributed by atoms with Gasteiger partial charge in [0.05, 0.1) is 11.1 Å². The van der Waals surface area contributed by atoms with E-state index in [-0.39, 0.29) is 12.1 Å². The summed E-state index contributed by atoms with van der Waals surface area (Å²) in [7, 11) is 0. The first-order valence-corrected chi connectivity index (χ1v) is 7.78. The van der Waals surface area contributed by atoms with Gasteiger partial charge >= 0.3 is 6.18 Å². The molecule has 1 aliphatic heterocycles. The number of alkyl halides is 3. The van der Waals surface area contributed by atoms with E-state index >= 15 is 0 Å². The van der Waals surface area contributed by atoms with Crippen molar-refractivity contribution in [1.82, 2.24) is 5.32 Å². The number of halogens is 3. The van der Waals surface area contributed by atoms with Gasteiger partial charge in [-0.25, -0.2) is 0 Å². The third-order valence-electron chi connectivity index (χ3n) is 3.78. The smallest absolute Gasteiger partial charge is 0.417 e. The van der Waals surface area contributed by atoms with Crippen LogP contribution in [0.4, 0.5) is 13.2 Å². The van der Waals surface area contributed by atoms with Crippen LogP contribution in [0.15, 0.2) is 42.5 Å². The third kappa shape index (κ3) is 4.04. The molecule has 2 aromatic carbocycles. The minimum Gasteiger partial charge on any atom is -0.486 e. The minimum absolute atomic E-state index is 0.213. The van der Waals surface area contributed by atoms with Gasteiger partial charge in [-0.05, 0) is 36.2 Å². The minimum atomic E-state index is -4.57. The number of benzene rings is 2. The summed E-state index contributed by atoms with van der Waals surface area (Å²) in [6.07, 6.45) is -4.10. The fourth-order valence-electron chi connectivity index (χ4n) is 2.59. The molecule has 0 spiro atoms. The zero-order valence-electron chi connectivity index (χ0n) is 13.2. The molecule has 0 radical (unpaired) electrons. The Hall–Kier alpha value is -2.70. The number of carbonyl (C=O) groups excluding carboxylic acids is 1. The molecule has 0 unspecified atom stereocenters. The van der Waals surface area contributed by atoms with Gasteiger partial charge in [0, 0.05) is 6.54 Å². The van der Waals surface area contributed by atoms with Gasteiger partial charge in [-0.3, -0.25) is 4.79 Å².